The van der Waals surface area contributed by atoms with E-state index in [1.807, 2.05) is 97.1 Å². The third-order valence-corrected chi connectivity index (χ3v) is 12.1. The molecule has 0 atom stereocenters. The van der Waals surface area contributed by atoms with E-state index < -0.39 is 18.4 Å². The van der Waals surface area contributed by atoms with Crippen LogP contribution in [0.1, 0.15) is 56.7 Å². The van der Waals surface area contributed by atoms with Gasteiger partial charge in [-0.15, -0.1) is 0 Å². The molecule has 10 rings (SSSR count). The Morgan fingerprint density at radius 2 is 0.742 bits per heavy atom. The van der Waals surface area contributed by atoms with Gasteiger partial charge in [0.15, 0.2) is 11.5 Å². The molecule has 0 heterocycles. The molecule has 0 saturated carbocycles. The number of amides is 1. The Labute approximate surface area is 358 Å². The molecule has 1 N–H and O–H groups in total. The molecule has 3 aliphatic rings. The molecule has 0 unspecified atom stereocenters. The van der Waals surface area contributed by atoms with Crippen LogP contribution in [0.5, 0.6) is 11.5 Å². The van der Waals surface area contributed by atoms with Crippen LogP contribution >= 0.6 is 0 Å². The summed E-state index contributed by atoms with van der Waals surface area (Å²) < 4.78 is 28.6. The average Bonchev–Trinajstić information content (AvgIpc) is 3.93. The highest BCUT2D eigenvalue weighted by molar-refractivity contribution is 5.81. The van der Waals surface area contributed by atoms with Gasteiger partial charge in [-0.1, -0.05) is 152 Å². The first kappa shape index (κ1) is 38.5. The Morgan fingerprint density at radius 3 is 1.13 bits per heavy atom. The van der Waals surface area contributed by atoms with Crippen LogP contribution in [0.25, 0.3) is 33.4 Å². The molecule has 0 aromatic heterocycles. The topological polar surface area (TPSA) is 109 Å². The standard InChI is InChI=1S/C53H41NO8/c55-51(58-30-46-40-19-7-1-13-34(40)35-14-2-8-20-41(35)46)54-28-27-33-25-26-49(61-52(56)59-31-47-42-21-9-3-15-36(42)37-16-4-10-22-43(37)47)50(29-33)62-53(57)60-32-48-44-23-11-5-17-38(44)39-18-6-12-24-45(39)48/h1-26,29,46-48H,27-28,30-32H2,(H,54,55). The van der Waals surface area contributed by atoms with Gasteiger partial charge in [-0.2, -0.15) is 0 Å². The fraction of sp³-hybridized carbons (Fsp3) is 0.151. The normalized spacial score (nSPS) is 13.2. The summed E-state index contributed by atoms with van der Waals surface area (Å²) in [5, 5.41) is 2.84. The van der Waals surface area contributed by atoms with Crippen LogP contribution in [0.4, 0.5) is 14.4 Å². The van der Waals surface area contributed by atoms with Crippen LogP contribution in [-0.2, 0) is 20.6 Å². The van der Waals surface area contributed by atoms with E-state index in [0.29, 0.717) is 12.0 Å². The third kappa shape index (κ3) is 7.42. The second kappa shape index (κ2) is 16.8. The van der Waals surface area contributed by atoms with Gasteiger partial charge in [0.05, 0.1) is 0 Å². The van der Waals surface area contributed by atoms with E-state index in [4.69, 9.17) is 23.7 Å². The summed E-state index contributed by atoms with van der Waals surface area (Å²) in [5.74, 6) is -0.465. The second-order valence-electron chi connectivity index (χ2n) is 15.6. The molecule has 9 nitrogen and oxygen atoms in total. The SMILES string of the molecule is O=C(NCCc1ccc(OC(=O)OCC2c3ccccc3-c3ccccc32)c(OC(=O)OCC2c3ccccc3-c3ccccc32)c1)OCC1c2ccccc2-c2ccccc21. The number of carbonyl (C=O) groups excluding carboxylic acids is 3. The van der Waals surface area contributed by atoms with Crippen molar-refractivity contribution in [3.8, 4) is 44.9 Å². The zero-order chi connectivity index (χ0) is 42.0. The smallest absolute Gasteiger partial charge is 0.449 e. The Bertz CT molecular complexity index is 2710. The van der Waals surface area contributed by atoms with E-state index in [2.05, 4.69) is 53.8 Å². The maximum Gasteiger partial charge on any atom is 0.514 e. The van der Waals surface area contributed by atoms with Gasteiger partial charge in [0.2, 0.25) is 0 Å². The van der Waals surface area contributed by atoms with Crippen molar-refractivity contribution in [3.05, 3.63) is 203 Å². The summed E-state index contributed by atoms with van der Waals surface area (Å²) in [6.45, 7) is 0.516. The van der Waals surface area contributed by atoms with Crippen molar-refractivity contribution in [2.24, 2.45) is 0 Å². The Morgan fingerprint density at radius 1 is 0.403 bits per heavy atom. The summed E-state index contributed by atoms with van der Waals surface area (Å²) in [7, 11) is 0. The fourth-order valence-corrected chi connectivity index (χ4v) is 9.25. The number of hydrogen-bond acceptors (Lipinski definition) is 8. The van der Waals surface area contributed by atoms with Gasteiger partial charge in [0.25, 0.3) is 0 Å². The highest BCUT2D eigenvalue weighted by Crippen LogP contribution is 2.47. The van der Waals surface area contributed by atoms with Crippen LogP contribution in [0.2, 0.25) is 0 Å². The molecular formula is C53H41NO8. The third-order valence-electron chi connectivity index (χ3n) is 12.1. The zero-order valence-corrected chi connectivity index (χ0v) is 33.6. The highest BCUT2D eigenvalue weighted by Gasteiger charge is 2.32. The highest BCUT2D eigenvalue weighted by atomic mass is 16.7. The van der Waals surface area contributed by atoms with Crippen molar-refractivity contribution in [1.82, 2.24) is 5.32 Å². The molecule has 306 valence electrons. The number of hydrogen-bond donors (Lipinski definition) is 1. The Balaban J connectivity index is 0.810. The van der Waals surface area contributed by atoms with E-state index in [0.717, 1.165) is 66.8 Å². The van der Waals surface area contributed by atoms with E-state index in [-0.39, 0.29) is 55.6 Å². The summed E-state index contributed by atoms with van der Waals surface area (Å²) in [6, 6.07) is 53.5. The van der Waals surface area contributed by atoms with Crippen molar-refractivity contribution in [2.75, 3.05) is 26.4 Å². The molecule has 62 heavy (non-hydrogen) atoms. The monoisotopic (exact) mass is 819 g/mol. The number of carbonyl (C=O) groups is 3. The van der Waals surface area contributed by atoms with E-state index in [9.17, 15) is 14.4 Å². The van der Waals surface area contributed by atoms with Gasteiger partial charge in [-0.05, 0) is 90.9 Å². The number of alkyl carbamates (subject to hydrolysis) is 1. The molecule has 3 aliphatic carbocycles. The molecular weight excluding hydrogens is 779 g/mol. The maximum atomic E-state index is 13.4. The summed E-state index contributed by atoms with van der Waals surface area (Å²) in [4.78, 5) is 39.7. The van der Waals surface area contributed by atoms with Crippen LogP contribution in [0.3, 0.4) is 0 Å². The number of benzene rings is 7. The van der Waals surface area contributed by atoms with Gasteiger partial charge < -0.3 is 29.0 Å². The number of rotatable bonds is 11. The molecule has 0 saturated heterocycles. The van der Waals surface area contributed by atoms with Gasteiger partial charge in [0.1, 0.15) is 19.8 Å². The van der Waals surface area contributed by atoms with Crippen LogP contribution in [0, 0.1) is 0 Å². The minimum absolute atomic E-state index is 0.0241. The second-order valence-corrected chi connectivity index (χ2v) is 15.6. The minimum atomic E-state index is -0.960. The first-order chi connectivity index (χ1) is 30.5. The Kier molecular flexibility index (Phi) is 10.4. The summed E-state index contributed by atoms with van der Waals surface area (Å²) >= 11 is 0. The quantitative estimate of drug-likeness (QED) is 0.0781. The zero-order valence-electron chi connectivity index (χ0n) is 33.6. The first-order valence-corrected chi connectivity index (χ1v) is 20.8. The van der Waals surface area contributed by atoms with Crippen molar-refractivity contribution < 1.29 is 38.1 Å². The number of nitrogens with one attached hydrogen (secondary N) is 1. The lowest BCUT2D eigenvalue weighted by Crippen LogP contribution is -2.28. The van der Waals surface area contributed by atoms with Crippen LogP contribution in [-0.4, -0.2) is 44.8 Å². The first-order valence-electron chi connectivity index (χ1n) is 20.8. The van der Waals surface area contributed by atoms with Crippen molar-refractivity contribution in [1.29, 1.82) is 0 Å². The molecule has 7 aromatic carbocycles. The van der Waals surface area contributed by atoms with Gasteiger partial charge in [-0.25, -0.2) is 14.4 Å². The molecule has 0 fully saturated rings. The van der Waals surface area contributed by atoms with Gasteiger partial charge in [-0.3, -0.25) is 0 Å². The lowest BCUT2D eigenvalue weighted by atomic mass is 9.98. The molecule has 1 amide bonds. The van der Waals surface area contributed by atoms with Gasteiger partial charge >= 0.3 is 18.4 Å². The summed E-state index contributed by atoms with van der Waals surface area (Å²) in [5.41, 5.74) is 13.9. The minimum Gasteiger partial charge on any atom is -0.449 e. The van der Waals surface area contributed by atoms with E-state index in [1.54, 1.807) is 12.1 Å². The lowest BCUT2D eigenvalue weighted by molar-refractivity contribution is 0.0868. The van der Waals surface area contributed by atoms with Gasteiger partial charge in [0, 0.05) is 24.3 Å². The molecule has 0 bridgehead atoms. The Hall–Kier alpha value is -7.65. The number of ether oxygens (including phenoxy) is 5. The van der Waals surface area contributed by atoms with E-state index >= 15 is 0 Å². The average molecular weight is 820 g/mol. The summed E-state index contributed by atoms with van der Waals surface area (Å²) in [6.07, 6.45) is -2.10. The van der Waals surface area contributed by atoms with Crippen molar-refractivity contribution in [2.45, 2.75) is 24.2 Å². The molecule has 7 aromatic rings. The maximum absolute atomic E-state index is 13.4. The van der Waals surface area contributed by atoms with Crippen molar-refractivity contribution in [3.63, 3.8) is 0 Å². The molecule has 0 spiro atoms. The number of fused-ring (bicyclic) bond motifs is 9. The van der Waals surface area contributed by atoms with E-state index in [1.165, 1.54) is 6.07 Å². The largest absolute Gasteiger partial charge is 0.514 e. The molecule has 0 radical (unpaired) electrons. The molecule has 0 aliphatic heterocycles. The predicted molar refractivity (Wildman–Crippen MR) is 235 cm³/mol. The molecule has 9 heteroatoms. The van der Waals surface area contributed by atoms with Crippen LogP contribution < -0.4 is 14.8 Å². The predicted octanol–water partition coefficient (Wildman–Crippen LogP) is 11.4. The fourth-order valence-electron chi connectivity index (χ4n) is 9.25. The van der Waals surface area contributed by atoms with Crippen LogP contribution in [0.15, 0.2) is 164 Å². The lowest BCUT2D eigenvalue weighted by Gasteiger charge is -2.16. The van der Waals surface area contributed by atoms with Crippen molar-refractivity contribution >= 4 is 18.4 Å².